The third kappa shape index (κ3) is 16.7. The normalized spacial score (nSPS) is 25.1. The smallest absolute Gasteiger partial charge is 0.329 e. The van der Waals surface area contributed by atoms with Crippen molar-refractivity contribution >= 4 is 64.0 Å². The van der Waals surface area contributed by atoms with Gasteiger partial charge in [0, 0.05) is 59.9 Å². The number of carbonyl (C=O) groups excluding carboxylic acids is 9. The number of cyclic esters (lactones) is 1. The molecule has 11 atom stereocenters. The first-order valence-electron chi connectivity index (χ1n) is 30.8. The molecule has 2 saturated heterocycles. The summed E-state index contributed by atoms with van der Waals surface area (Å²) in [6, 6.07) is 21.0. The van der Waals surface area contributed by atoms with E-state index in [0.29, 0.717) is 30.4 Å². The molecular formula is C68H94N8O11. The van der Waals surface area contributed by atoms with E-state index in [2.05, 4.69) is 22.0 Å². The van der Waals surface area contributed by atoms with Crippen molar-refractivity contribution in [3.8, 4) is 11.1 Å². The molecule has 2 heterocycles. The van der Waals surface area contributed by atoms with Crippen LogP contribution in [0.5, 0.6) is 0 Å². The van der Waals surface area contributed by atoms with E-state index in [-0.39, 0.29) is 32.2 Å². The van der Waals surface area contributed by atoms with Crippen molar-refractivity contribution < 1.29 is 53.0 Å². The Kier molecular flexibility index (Phi) is 23.5. The second kappa shape index (κ2) is 29.8. The highest BCUT2D eigenvalue weighted by atomic mass is 16.6. The van der Waals surface area contributed by atoms with E-state index in [1.165, 1.54) is 68.6 Å². The molecule has 1 unspecified atom stereocenters. The van der Waals surface area contributed by atoms with Crippen LogP contribution in [0.1, 0.15) is 119 Å². The predicted molar refractivity (Wildman–Crippen MR) is 335 cm³/mol. The van der Waals surface area contributed by atoms with Gasteiger partial charge in [-0.25, -0.2) is 4.79 Å². The van der Waals surface area contributed by atoms with E-state index >= 15 is 19.2 Å². The van der Waals surface area contributed by atoms with Crippen molar-refractivity contribution in [1.29, 1.82) is 0 Å². The molecule has 0 aromatic heterocycles. The van der Waals surface area contributed by atoms with Crippen LogP contribution in [-0.4, -0.2) is 178 Å². The second-order valence-corrected chi connectivity index (χ2v) is 25.5. The molecule has 87 heavy (non-hydrogen) atoms. The van der Waals surface area contributed by atoms with E-state index in [0.717, 1.165) is 26.8 Å². The van der Waals surface area contributed by atoms with Crippen LogP contribution in [-0.2, 0) is 60.7 Å². The minimum atomic E-state index is -1.56. The number of carbonyl (C=O) groups is 9. The Labute approximate surface area is 514 Å². The Morgan fingerprint density at radius 2 is 1.13 bits per heavy atom. The van der Waals surface area contributed by atoms with E-state index in [9.17, 15) is 29.1 Å². The lowest BCUT2D eigenvalue weighted by molar-refractivity contribution is -0.172. The highest BCUT2D eigenvalue weighted by molar-refractivity contribution is 5.99. The number of likely N-dealkylation sites (N-methyl/N-ethyl adjacent to an activating group) is 4. The molecule has 472 valence electrons. The Morgan fingerprint density at radius 1 is 0.563 bits per heavy atom. The summed E-state index contributed by atoms with van der Waals surface area (Å²) in [7, 11) is 5.72. The number of nitrogens with zero attached hydrogens (tertiary/aromatic N) is 5. The molecule has 4 aromatic rings. The average Bonchev–Trinajstić information content (AvgIpc) is 2.33. The van der Waals surface area contributed by atoms with Crippen LogP contribution in [0, 0.1) is 23.7 Å². The van der Waals surface area contributed by atoms with Gasteiger partial charge in [0.25, 0.3) is 5.91 Å². The summed E-state index contributed by atoms with van der Waals surface area (Å²) in [6.07, 6.45) is -0.411. The minimum absolute atomic E-state index is 0.00495. The summed E-state index contributed by atoms with van der Waals surface area (Å²) in [6.45, 7) is 18.6. The average molecular weight is 1200 g/mol. The highest BCUT2D eigenvalue weighted by Crippen LogP contribution is 2.30. The SMILES string of the molecule is CC[C@H](C)[C@@H]1NC(=O)[C@@H]2CCCN2C(=O)[C@H](Cc2cccc(-c3ccc4ccccc4c3)c2)N(C)C(=O)[C@H](Cc2ccccc2)NC(=O)[C@H](C(C)C)N(C)C(=O)[C@@H]([C@@H](C)CC)OC(=O)[C@H](CC(C)(C)O)N(C)C(=O)[C@H](C)NC(=O)C(C(C)C)N(C)C1=O. The van der Waals surface area contributed by atoms with E-state index in [1.54, 1.807) is 60.6 Å². The fourth-order valence-electron chi connectivity index (χ4n) is 12.0. The van der Waals surface area contributed by atoms with Gasteiger partial charge >= 0.3 is 5.97 Å². The number of hydrogen-bond acceptors (Lipinski definition) is 11. The van der Waals surface area contributed by atoms with Gasteiger partial charge in [0.1, 0.15) is 48.3 Å². The fraction of sp³-hybridized carbons (Fsp3) is 0.544. The molecular weight excluding hydrogens is 1100 g/mol. The number of ether oxygens (including phenoxy) is 1. The number of amides is 8. The summed E-state index contributed by atoms with van der Waals surface area (Å²) in [5.74, 6) is -8.42. The maximum absolute atomic E-state index is 15.7. The lowest BCUT2D eigenvalue weighted by Crippen LogP contribution is -2.62. The standard InChI is InChI=1S/C68H94N8O11/c1-16-42(7)55-65(83)74(14)56(40(3)4)60(78)69-44(9)62(80)73(13)54(39-68(10,11)86)67(85)87-58(43(8)17-2)66(84)75(15)57(41(5)6)61(79)70-51(36-45-25-19-18-20-26-45)63(81)72(12)53(64(82)76-34-24-31-52(76)59(77)71-55)37-46-27-23-30-48(35-46)50-33-32-47-28-21-22-29-49(47)38-50/h18-23,25-30,32-33,35,38,40-44,51-58,86H,16-17,24,31,34,36-37,39H2,1-15H3,(H,69,78)(H,70,79)(H,71,77)/t42-,43-,44-,51-,52-,53-,54-,55-,56?,57-,58+/m0/s1. The van der Waals surface area contributed by atoms with Crippen LogP contribution in [0.3, 0.4) is 0 Å². The number of esters is 1. The largest absolute Gasteiger partial charge is 0.450 e. The van der Waals surface area contributed by atoms with Crippen molar-refractivity contribution in [1.82, 2.24) is 40.4 Å². The first-order valence-corrected chi connectivity index (χ1v) is 30.8. The molecule has 0 aliphatic carbocycles. The molecule has 2 aliphatic heterocycles. The first kappa shape index (κ1) is 68.4. The number of nitrogens with one attached hydrogen (secondary N) is 3. The second-order valence-electron chi connectivity index (χ2n) is 25.5. The Hall–Kier alpha value is -7.67. The maximum atomic E-state index is 15.7. The van der Waals surface area contributed by atoms with Crippen molar-refractivity contribution in [2.24, 2.45) is 23.7 Å². The summed E-state index contributed by atoms with van der Waals surface area (Å²) in [5, 5.41) is 22.0. The predicted octanol–water partition coefficient (Wildman–Crippen LogP) is 6.56. The zero-order valence-corrected chi connectivity index (χ0v) is 53.7. The van der Waals surface area contributed by atoms with Crippen LogP contribution < -0.4 is 16.0 Å². The van der Waals surface area contributed by atoms with Crippen molar-refractivity contribution in [2.45, 2.75) is 181 Å². The number of hydrogen-bond donors (Lipinski definition) is 4. The summed E-state index contributed by atoms with van der Waals surface area (Å²) < 4.78 is 6.13. The molecule has 4 N–H and O–H groups in total. The van der Waals surface area contributed by atoms with E-state index < -0.39 is 137 Å². The molecule has 8 amide bonds. The zero-order chi connectivity index (χ0) is 64.4. The Morgan fingerprint density at radius 3 is 1.74 bits per heavy atom. The zero-order valence-electron chi connectivity index (χ0n) is 53.7. The number of fused-ring (bicyclic) bond motifs is 2. The van der Waals surface area contributed by atoms with Gasteiger partial charge in [0.05, 0.1) is 5.60 Å². The molecule has 19 nitrogen and oxygen atoms in total. The van der Waals surface area contributed by atoms with Gasteiger partial charge in [-0.1, -0.05) is 153 Å². The molecule has 19 heteroatoms. The van der Waals surface area contributed by atoms with Crippen LogP contribution in [0.2, 0.25) is 0 Å². The quantitative estimate of drug-likeness (QED) is 0.105. The minimum Gasteiger partial charge on any atom is -0.450 e. The lowest BCUT2D eigenvalue weighted by Gasteiger charge is -2.37. The van der Waals surface area contributed by atoms with Gasteiger partial charge in [0.2, 0.25) is 41.4 Å². The molecule has 0 saturated carbocycles. The van der Waals surface area contributed by atoms with Crippen LogP contribution in [0.15, 0.2) is 97.1 Å². The molecule has 0 spiro atoms. The molecule has 2 fully saturated rings. The van der Waals surface area contributed by atoms with Crippen LogP contribution >= 0.6 is 0 Å². The van der Waals surface area contributed by atoms with E-state index in [4.69, 9.17) is 4.74 Å². The topological polar surface area (TPSA) is 235 Å². The molecule has 0 radical (unpaired) electrons. The van der Waals surface area contributed by atoms with Gasteiger partial charge < -0.3 is 50.3 Å². The van der Waals surface area contributed by atoms with Crippen molar-refractivity contribution in [2.75, 3.05) is 34.7 Å². The Balaban J connectivity index is 1.51. The number of benzene rings is 4. The first-order chi connectivity index (χ1) is 41.0. The summed E-state index contributed by atoms with van der Waals surface area (Å²) in [5.41, 5.74) is 1.64. The number of rotatable bonds is 13. The van der Waals surface area contributed by atoms with Crippen LogP contribution in [0.4, 0.5) is 0 Å². The van der Waals surface area contributed by atoms with Crippen molar-refractivity contribution in [3.63, 3.8) is 0 Å². The third-order valence-corrected chi connectivity index (χ3v) is 17.5. The molecule has 2 aliphatic rings. The van der Waals surface area contributed by atoms with Gasteiger partial charge in [0.15, 0.2) is 6.10 Å². The van der Waals surface area contributed by atoms with Gasteiger partial charge in [-0.15, -0.1) is 0 Å². The number of aliphatic hydroxyl groups is 1. The lowest BCUT2D eigenvalue weighted by atomic mass is 9.94. The van der Waals surface area contributed by atoms with Gasteiger partial charge in [-0.05, 0) is 96.9 Å². The molecule has 4 aromatic carbocycles. The Bertz CT molecular complexity index is 3110. The third-order valence-electron chi connectivity index (χ3n) is 17.5. The fourth-order valence-corrected chi connectivity index (χ4v) is 12.0. The van der Waals surface area contributed by atoms with Crippen LogP contribution in [0.25, 0.3) is 21.9 Å². The summed E-state index contributed by atoms with van der Waals surface area (Å²) >= 11 is 0. The van der Waals surface area contributed by atoms with Gasteiger partial charge in [-0.2, -0.15) is 0 Å². The maximum Gasteiger partial charge on any atom is 0.329 e. The summed E-state index contributed by atoms with van der Waals surface area (Å²) in [4.78, 5) is 141. The highest BCUT2D eigenvalue weighted by Gasteiger charge is 2.46. The van der Waals surface area contributed by atoms with E-state index in [1.807, 2.05) is 85.8 Å². The van der Waals surface area contributed by atoms with Gasteiger partial charge in [-0.3, -0.25) is 38.4 Å². The van der Waals surface area contributed by atoms with Crippen molar-refractivity contribution in [3.05, 3.63) is 108 Å². The molecule has 0 bridgehead atoms. The monoisotopic (exact) mass is 1200 g/mol. The molecule has 6 rings (SSSR count).